The van der Waals surface area contributed by atoms with Crippen molar-refractivity contribution in [3.63, 3.8) is 0 Å². The number of allylic oxidation sites excluding steroid dienone is 1. The van der Waals surface area contributed by atoms with Gasteiger partial charge in [0.1, 0.15) is 11.6 Å². The third-order valence-electron chi connectivity index (χ3n) is 3.58. The van der Waals surface area contributed by atoms with E-state index in [9.17, 15) is 14.4 Å². The monoisotopic (exact) mass is 344 g/mol. The fourth-order valence-electron chi connectivity index (χ4n) is 2.34. The van der Waals surface area contributed by atoms with E-state index < -0.39 is 11.8 Å². The number of hydrogen-bond donors (Lipinski definition) is 0. The van der Waals surface area contributed by atoms with Gasteiger partial charge < -0.3 is 4.74 Å². The number of nitriles is 1. The lowest BCUT2D eigenvalue weighted by Crippen LogP contribution is -2.08. The molecule has 3 rings (SSSR count). The van der Waals surface area contributed by atoms with Crippen LogP contribution in [0.4, 0.5) is 4.39 Å². The standard InChI is InChI=1S/C21H13FN2O2/c22-20-7-2-1-6-19(20)17(14-23)12-15-4-3-5-18(13-15)26-21(25)16-8-10-24-11-9-16/h1-13H/b17-12-. The van der Waals surface area contributed by atoms with Gasteiger partial charge in [0.2, 0.25) is 0 Å². The zero-order valence-electron chi connectivity index (χ0n) is 13.6. The van der Waals surface area contributed by atoms with Crippen molar-refractivity contribution in [1.82, 2.24) is 4.98 Å². The Kier molecular flexibility index (Phi) is 5.16. The Balaban J connectivity index is 1.86. The lowest BCUT2D eigenvalue weighted by molar-refractivity contribution is 0.0734. The van der Waals surface area contributed by atoms with Crippen LogP contribution in [0.2, 0.25) is 0 Å². The quantitative estimate of drug-likeness (QED) is 0.302. The van der Waals surface area contributed by atoms with E-state index in [1.165, 1.54) is 24.5 Å². The van der Waals surface area contributed by atoms with Gasteiger partial charge >= 0.3 is 5.97 Å². The first-order valence-electron chi connectivity index (χ1n) is 7.76. The number of nitrogens with zero attached hydrogens (tertiary/aromatic N) is 2. The van der Waals surface area contributed by atoms with Gasteiger partial charge in [0.25, 0.3) is 0 Å². The smallest absolute Gasteiger partial charge is 0.343 e. The van der Waals surface area contributed by atoms with E-state index in [-0.39, 0.29) is 11.1 Å². The second kappa shape index (κ2) is 7.86. The first kappa shape index (κ1) is 17.1. The van der Waals surface area contributed by atoms with Crippen LogP contribution in [-0.2, 0) is 0 Å². The molecule has 0 saturated carbocycles. The number of esters is 1. The third-order valence-corrected chi connectivity index (χ3v) is 3.58. The minimum atomic E-state index is -0.511. The van der Waals surface area contributed by atoms with Crippen LogP contribution in [-0.4, -0.2) is 11.0 Å². The first-order valence-corrected chi connectivity index (χ1v) is 7.76. The Labute approximate surface area is 149 Å². The van der Waals surface area contributed by atoms with Crippen molar-refractivity contribution in [3.05, 3.63) is 95.6 Å². The summed E-state index contributed by atoms with van der Waals surface area (Å²) >= 11 is 0. The molecular weight excluding hydrogens is 331 g/mol. The molecule has 0 N–H and O–H groups in total. The summed E-state index contributed by atoms with van der Waals surface area (Å²) in [6.07, 6.45) is 4.55. The van der Waals surface area contributed by atoms with Crippen LogP contribution in [0.1, 0.15) is 21.5 Å². The molecule has 0 spiro atoms. The zero-order chi connectivity index (χ0) is 18.4. The molecule has 2 aromatic carbocycles. The number of hydrogen-bond acceptors (Lipinski definition) is 4. The van der Waals surface area contributed by atoms with E-state index in [1.807, 2.05) is 6.07 Å². The summed E-state index contributed by atoms with van der Waals surface area (Å²) in [6, 6.07) is 17.8. The molecular formula is C21H13FN2O2. The SMILES string of the molecule is N#C/C(=C/c1cccc(OC(=O)c2ccncc2)c1)c1ccccc1F. The average Bonchev–Trinajstić information content (AvgIpc) is 2.68. The molecule has 3 aromatic rings. The molecule has 0 saturated heterocycles. The van der Waals surface area contributed by atoms with Crippen molar-refractivity contribution in [2.24, 2.45) is 0 Å². The van der Waals surface area contributed by atoms with E-state index >= 15 is 0 Å². The maximum atomic E-state index is 13.9. The summed E-state index contributed by atoms with van der Waals surface area (Å²) in [5.74, 6) is -0.657. The highest BCUT2D eigenvalue weighted by Gasteiger charge is 2.09. The van der Waals surface area contributed by atoms with Crippen LogP contribution < -0.4 is 4.74 Å². The second-order valence-electron chi connectivity index (χ2n) is 5.35. The van der Waals surface area contributed by atoms with E-state index in [4.69, 9.17) is 4.74 Å². The van der Waals surface area contributed by atoms with Crippen molar-refractivity contribution in [2.45, 2.75) is 0 Å². The molecule has 0 aliphatic carbocycles. The van der Waals surface area contributed by atoms with Crippen LogP contribution in [0, 0.1) is 17.1 Å². The highest BCUT2D eigenvalue weighted by atomic mass is 19.1. The van der Waals surface area contributed by atoms with Gasteiger partial charge in [0, 0.05) is 18.0 Å². The van der Waals surface area contributed by atoms with Crippen molar-refractivity contribution in [1.29, 1.82) is 5.26 Å². The topological polar surface area (TPSA) is 63.0 Å². The van der Waals surface area contributed by atoms with Crippen LogP contribution in [0.15, 0.2) is 73.1 Å². The molecule has 0 radical (unpaired) electrons. The number of carbonyl (C=O) groups excluding carboxylic acids is 1. The molecule has 0 bridgehead atoms. The Morgan fingerprint density at radius 3 is 2.58 bits per heavy atom. The van der Waals surface area contributed by atoms with E-state index in [1.54, 1.807) is 54.6 Å². The minimum Gasteiger partial charge on any atom is -0.423 e. The lowest BCUT2D eigenvalue weighted by Gasteiger charge is -2.06. The maximum Gasteiger partial charge on any atom is 0.343 e. The molecule has 0 amide bonds. The molecule has 4 nitrogen and oxygen atoms in total. The molecule has 1 aromatic heterocycles. The first-order chi connectivity index (χ1) is 12.7. The van der Waals surface area contributed by atoms with Gasteiger partial charge in [-0.15, -0.1) is 0 Å². The average molecular weight is 344 g/mol. The Bertz CT molecular complexity index is 1010. The molecule has 0 aliphatic rings. The fraction of sp³-hybridized carbons (Fsp3) is 0. The van der Waals surface area contributed by atoms with Crippen molar-refractivity contribution >= 4 is 17.6 Å². The van der Waals surface area contributed by atoms with Gasteiger partial charge in [-0.2, -0.15) is 5.26 Å². The summed E-state index contributed by atoms with van der Waals surface area (Å²) < 4.78 is 19.2. The molecule has 0 aliphatic heterocycles. The number of rotatable bonds is 4. The summed E-state index contributed by atoms with van der Waals surface area (Å²) in [5.41, 5.74) is 1.39. The van der Waals surface area contributed by atoms with Crippen molar-refractivity contribution in [3.8, 4) is 11.8 Å². The van der Waals surface area contributed by atoms with Gasteiger partial charge in [-0.3, -0.25) is 4.98 Å². The van der Waals surface area contributed by atoms with E-state index in [0.29, 0.717) is 16.9 Å². The zero-order valence-corrected chi connectivity index (χ0v) is 13.6. The minimum absolute atomic E-state index is 0.181. The lowest BCUT2D eigenvalue weighted by atomic mass is 10.0. The van der Waals surface area contributed by atoms with Gasteiger partial charge in [-0.05, 0) is 42.0 Å². The number of ether oxygens (including phenoxy) is 1. The van der Waals surface area contributed by atoms with Gasteiger partial charge in [-0.25, -0.2) is 9.18 Å². The van der Waals surface area contributed by atoms with Gasteiger partial charge in [-0.1, -0.05) is 30.3 Å². The predicted octanol–water partition coefficient (Wildman–Crippen LogP) is 4.50. The van der Waals surface area contributed by atoms with Crippen molar-refractivity contribution < 1.29 is 13.9 Å². The Morgan fingerprint density at radius 1 is 1.08 bits per heavy atom. The molecule has 0 atom stereocenters. The molecule has 1 heterocycles. The van der Waals surface area contributed by atoms with Gasteiger partial charge in [0.15, 0.2) is 0 Å². The third kappa shape index (κ3) is 4.00. The number of pyridine rings is 1. The molecule has 5 heteroatoms. The largest absolute Gasteiger partial charge is 0.423 e. The molecule has 0 unspecified atom stereocenters. The van der Waals surface area contributed by atoms with Crippen LogP contribution in [0.25, 0.3) is 11.6 Å². The normalized spacial score (nSPS) is 10.8. The van der Waals surface area contributed by atoms with E-state index in [2.05, 4.69) is 4.98 Å². The highest BCUT2D eigenvalue weighted by Crippen LogP contribution is 2.23. The predicted molar refractivity (Wildman–Crippen MR) is 95.5 cm³/mol. The highest BCUT2D eigenvalue weighted by molar-refractivity contribution is 5.92. The summed E-state index contributed by atoms with van der Waals surface area (Å²) in [6.45, 7) is 0. The van der Waals surface area contributed by atoms with Crippen LogP contribution in [0.5, 0.6) is 5.75 Å². The number of aromatic nitrogens is 1. The molecule has 26 heavy (non-hydrogen) atoms. The van der Waals surface area contributed by atoms with E-state index in [0.717, 1.165) is 0 Å². The van der Waals surface area contributed by atoms with Crippen LogP contribution >= 0.6 is 0 Å². The molecule has 126 valence electrons. The Morgan fingerprint density at radius 2 is 1.85 bits per heavy atom. The van der Waals surface area contributed by atoms with Gasteiger partial charge in [0.05, 0.1) is 17.2 Å². The fourth-order valence-corrected chi connectivity index (χ4v) is 2.34. The summed E-state index contributed by atoms with van der Waals surface area (Å²) in [7, 11) is 0. The number of carbonyl (C=O) groups is 1. The number of benzene rings is 2. The van der Waals surface area contributed by atoms with Crippen LogP contribution in [0.3, 0.4) is 0 Å². The molecule has 0 fully saturated rings. The number of halogens is 1. The summed E-state index contributed by atoms with van der Waals surface area (Å²) in [5, 5.41) is 9.35. The second-order valence-corrected chi connectivity index (χ2v) is 5.35. The summed E-state index contributed by atoms with van der Waals surface area (Å²) in [4.78, 5) is 16.0. The maximum absolute atomic E-state index is 13.9. The van der Waals surface area contributed by atoms with Crippen molar-refractivity contribution in [2.75, 3.05) is 0 Å². The Hall–Kier alpha value is -3.78.